The third-order valence-electron chi connectivity index (χ3n) is 3.35. The van der Waals surface area contributed by atoms with Crippen LogP contribution in [0.15, 0.2) is 47.4 Å². The molecule has 0 bridgehead atoms. The highest BCUT2D eigenvalue weighted by Gasteiger charge is 2.13. The van der Waals surface area contributed by atoms with Crippen LogP contribution in [0.3, 0.4) is 0 Å². The number of hydrogen-bond donors (Lipinski definition) is 1. The minimum atomic E-state index is -0.167. The van der Waals surface area contributed by atoms with Gasteiger partial charge in [-0.1, -0.05) is 29.8 Å². The molecule has 0 heterocycles. The minimum absolute atomic E-state index is 0.142. The first-order valence-electron chi connectivity index (χ1n) is 7.38. The van der Waals surface area contributed by atoms with Crippen LogP contribution < -0.4 is 5.32 Å². The summed E-state index contributed by atoms with van der Waals surface area (Å²) in [4.78, 5) is 26.7. The number of nitrogens with one attached hydrogen (secondary N) is 1. The van der Waals surface area contributed by atoms with Gasteiger partial charge < -0.3 is 10.2 Å². The predicted molar refractivity (Wildman–Crippen MR) is 100 cm³/mol. The standard InChI is InChI=1S/C18H19ClN2O2S/c1-12-6-4-5-7-16(12)24-11-17(22)20-15-10-13(8-9-14(15)19)18(23)21(2)3/h4-10H,11H2,1-3H3,(H,20,22). The molecule has 0 aliphatic rings. The summed E-state index contributed by atoms with van der Waals surface area (Å²) in [6, 6.07) is 12.8. The molecule has 0 saturated carbocycles. The molecule has 0 aliphatic carbocycles. The Labute approximate surface area is 151 Å². The zero-order chi connectivity index (χ0) is 17.7. The van der Waals surface area contributed by atoms with Gasteiger partial charge in [0.05, 0.1) is 16.5 Å². The minimum Gasteiger partial charge on any atom is -0.345 e. The van der Waals surface area contributed by atoms with Crippen molar-refractivity contribution in [2.75, 3.05) is 25.2 Å². The Balaban J connectivity index is 2.04. The molecule has 24 heavy (non-hydrogen) atoms. The van der Waals surface area contributed by atoms with E-state index in [1.807, 2.05) is 31.2 Å². The van der Waals surface area contributed by atoms with Gasteiger partial charge in [0.15, 0.2) is 0 Å². The smallest absolute Gasteiger partial charge is 0.253 e. The van der Waals surface area contributed by atoms with Crippen LogP contribution in [0.2, 0.25) is 5.02 Å². The average Bonchev–Trinajstić information content (AvgIpc) is 2.55. The average molecular weight is 363 g/mol. The van der Waals surface area contributed by atoms with Crippen molar-refractivity contribution in [2.24, 2.45) is 0 Å². The molecule has 0 radical (unpaired) electrons. The lowest BCUT2D eigenvalue weighted by Crippen LogP contribution is -2.22. The summed E-state index contributed by atoms with van der Waals surface area (Å²) < 4.78 is 0. The van der Waals surface area contributed by atoms with E-state index in [0.717, 1.165) is 10.5 Å². The summed E-state index contributed by atoms with van der Waals surface area (Å²) >= 11 is 7.59. The predicted octanol–water partition coefficient (Wildman–Crippen LogP) is 4.08. The van der Waals surface area contributed by atoms with Crippen LogP contribution in [0.4, 0.5) is 5.69 Å². The molecule has 0 saturated heterocycles. The number of benzene rings is 2. The molecule has 2 rings (SSSR count). The Morgan fingerprint density at radius 2 is 1.88 bits per heavy atom. The number of amides is 2. The van der Waals surface area contributed by atoms with Crippen molar-refractivity contribution in [3.8, 4) is 0 Å². The van der Waals surface area contributed by atoms with E-state index in [4.69, 9.17) is 11.6 Å². The van der Waals surface area contributed by atoms with Crippen LogP contribution in [0.25, 0.3) is 0 Å². The van der Waals surface area contributed by atoms with E-state index in [1.54, 1.807) is 32.3 Å². The highest BCUT2D eigenvalue weighted by atomic mass is 35.5. The van der Waals surface area contributed by atoms with Crippen molar-refractivity contribution >= 4 is 40.9 Å². The van der Waals surface area contributed by atoms with Crippen molar-refractivity contribution < 1.29 is 9.59 Å². The number of aryl methyl sites for hydroxylation is 1. The van der Waals surface area contributed by atoms with Crippen LogP contribution in [0.1, 0.15) is 15.9 Å². The van der Waals surface area contributed by atoms with E-state index in [2.05, 4.69) is 5.32 Å². The van der Waals surface area contributed by atoms with Gasteiger partial charge >= 0.3 is 0 Å². The summed E-state index contributed by atoms with van der Waals surface area (Å²) in [5.74, 6) is -0.0383. The maximum absolute atomic E-state index is 12.2. The number of hydrogen-bond acceptors (Lipinski definition) is 3. The van der Waals surface area contributed by atoms with Crippen molar-refractivity contribution in [3.05, 3.63) is 58.6 Å². The summed E-state index contributed by atoms with van der Waals surface area (Å²) in [6.45, 7) is 2.01. The van der Waals surface area contributed by atoms with Crippen molar-refractivity contribution in [1.29, 1.82) is 0 Å². The quantitative estimate of drug-likeness (QED) is 0.815. The first kappa shape index (κ1) is 18.4. The maximum Gasteiger partial charge on any atom is 0.253 e. The number of rotatable bonds is 5. The molecule has 0 aliphatic heterocycles. The Morgan fingerprint density at radius 3 is 2.54 bits per heavy atom. The zero-order valence-electron chi connectivity index (χ0n) is 13.8. The van der Waals surface area contributed by atoms with Gasteiger partial charge in [0.25, 0.3) is 5.91 Å². The second kappa shape index (κ2) is 8.22. The lowest BCUT2D eigenvalue weighted by molar-refractivity contribution is -0.113. The van der Waals surface area contributed by atoms with E-state index in [0.29, 0.717) is 16.3 Å². The first-order chi connectivity index (χ1) is 11.4. The third-order valence-corrected chi connectivity index (χ3v) is 4.85. The van der Waals surface area contributed by atoms with Crippen LogP contribution in [-0.2, 0) is 4.79 Å². The number of carbonyl (C=O) groups excluding carboxylic acids is 2. The van der Waals surface area contributed by atoms with Crippen LogP contribution >= 0.6 is 23.4 Å². The van der Waals surface area contributed by atoms with Gasteiger partial charge in [0.1, 0.15) is 0 Å². The molecule has 1 N–H and O–H groups in total. The van der Waals surface area contributed by atoms with Crippen molar-refractivity contribution in [3.63, 3.8) is 0 Å². The highest BCUT2D eigenvalue weighted by Crippen LogP contribution is 2.25. The largest absolute Gasteiger partial charge is 0.345 e. The normalized spacial score (nSPS) is 10.3. The van der Waals surface area contributed by atoms with Crippen LogP contribution in [0, 0.1) is 6.92 Å². The van der Waals surface area contributed by atoms with Gasteiger partial charge in [-0.05, 0) is 36.8 Å². The van der Waals surface area contributed by atoms with Crippen molar-refractivity contribution in [2.45, 2.75) is 11.8 Å². The first-order valence-corrected chi connectivity index (χ1v) is 8.74. The molecule has 0 atom stereocenters. The Morgan fingerprint density at radius 1 is 1.17 bits per heavy atom. The molecule has 0 aromatic heterocycles. The SMILES string of the molecule is Cc1ccccc1SCC(=O)Nc1cc(C(=O)N(C)C)ccc1Cl. The fraction of sp³-hybridized carbons (Fsp3) is 0.222. The molecule has 0 spiro atoms. The molecule has 126 valence electrons. The van der Waals surface area contributed by atoms with Crippen LogP contribution in [-0.4, -0.2) is 36.6 Å². The molecular formula is C18H19ClN2O2S. The highest BCUT2D eigenvalue weighted by molar-refractivity contribution is 8.00. The summed E-state index contributed by atoms with van der Waals surface area (Å²) in [5.41, 5.74) is 2.05. The summed E-state index contributed by atoms with van der Waals surface area (Å²) in [5, 5.41) is 3.17. The topological polar surface area (TPSA) is 49.4 Å². The number of carbonyl (C=O) groups is 2. The number of nitrogens with zero attached hydrogens (tertiary/aromatic N) is 1. The second-order valence-corrected chi connectivity index (χ2v) is 6.92. The molecule has 6 heteroatoms. The van der Waals surface area contributed by atoms with Gasteiger partial charge in [-0.25, -0.2) is 0 Å². The van der Waals surface area contributed by atoms with E-state index in [1.165, 1.54) is 16.7 Å². The second-order valence-electron chi connectivity index (χ2n) is 5.50. The van der Waals surface area contributed by atoms with Gasteiger partial charge in [0.2, 0.25) is 5.91 Å². The van der Waals surface area contributed by atoms with E-state index in [9.17, 15) is 9.59 Å². The summed E-state index contributed by atoms with van der Waals surface area (Å²) in [6.07, 6.45) is 0. The van der Waals surface area contributed by atoms with Crippen molar-refractivity contribution in [1.82, 2.24) is 4.90 Å². The van der Waals surface area contributed by atoms with Gasteiger partial charge in [-0.15, -0.1) is 11.8 Å². The fourth-order valence-electron chi connectivity index (χ4n) is 2.06. The lowest BCUT2D eigenvalue weighted by atomic mass is 10.2. The molecule has 2 amide bonds. The monoisotopic (exact) mass is 362 g/mol. The molecule has 4 nitrogen and oxygen atoms in total. The number of anilines is 1. The summed E-state index contributed by atoms with van der Waals surface area (Å²) in [7, 11) is 3.35. The lowest BCUT2D eigenvalue weighted by Gasteiger charge is -2.13. The molecule has 0 fully saturated rings. The molecule has 2 aromatic carbocycles. The van der Waals surface area contributed by atoms with E-state index >= 15 is 0 Å². The maximum atomic E-state index is 12.2. The number of thioether (sulfide) groups is 1. The van der Waals surface area contributed by atoms with Gasteiger partial charge in [0, 0.05) is 24.6 Å². The van der Waals surface area contributed by atoms with Gasteiger partial charge in [-0.2, -0.15) is 0 Å². The van der Waals surface area contributed by atoms with E-state index in [-0.39, 0.29) is 17.6 Å². The molecule has 0 unspecified atom stereocenters. The van der Waals surface area contributed by atoms with E-state index < -0.39 is 0 Å². The Hall–Kier alpha value is -1.98. The number of halogens is 1. The van der Waals surface area contributed by atoms with Gasteiger partial charge in [-0.3, -0.25) is 9.59 Å². The Kier molecular flexibility index (Phi) is 6.29. The fourth-order valence-corrected chi connectivity index (χ4v) is 3.05. The molecule has 2 aromatic rings. The Bertz CT molecular complexity index is 762. The van der Waals surface area contributed by atoms with Crippen LogP contribution in [0.5, 0.6) is 0 Å². The third kappa shape index (κ3) is 4.76. The zero-order valence-corrected chi connectivity index (χ0v) is 15.4. The molecular weight excluding hydrogens is 344 g/mol.